The van der Waals surface area contributed by atoms with E-state index >= 15 is 4.39 Å². The molecular weight excluding hydrogens is 1090 g/mol. The summed E-state index contributed by atoms with van der Waals surface area (Å²) in [5, 5.41) is 37.4. The number of aliphatic hydroxyl groups is 1. The van der Waals surface area contributed by atoms with E-state index < -0.39 is 44.4 Å². The van der Waals surface area contributed by atoms with E-state index in [2.05, 4.69) is 35.6 Å². The molecule has 420 valence electrons. The second-order valence-corrected chi connectivity index (χ2v) is 26.0. The number of thiazole rings is 1. The zero-order chi connectivity index (χ0) is 56.2. The van der Waals surface area contributed by atoms with E-state index in [1.54, 1.807) is 36.0 Å². The minimum Gasteiger partial charge on any atom is -0.481 e. The number of thiophene rings is 1. The third-order valence-electron chi connectivity index (χ3n) is 15.2. The van der Waals surface area contributed by atoms with E-state index in [1.165, 1.54) is 12.1 Å². The lowest BCUT2D eigenvalue weighted by atomic mass is 9.96. The Morgan fingerprint density at radius 3 is 2.28 bits per heavy atom. The van der Waals surface area contributed by atoms with E-state index in [0.29, 0.717) is 92.9 Å². The first kappa shape index (κ1) is 57.1. The van der Waals surface area contributed by atoms with E-state index in [4.69, 9.17) is 0 Å². The normalized spacial score (nSPS) is 15.5. The molecule has 5 heterocycles. The number of sulfonamides is 2. The number of carbonyl (C=O) groups is 3. The van der Waals surface area contributed by atoms with Crippen molar-refractivity contribution in [3.05, 3.63) is 106 Å². The number of aromatic nitrogens is 4. The molecule has 3 aromatic heterocycles. The number of halogens is 1. The molecule has 0 radical (unpaired) electrons. The number of unbranched alkanes of at least 4 members (excludes halogenated alkanes) is 3. The molecule has 0 unspecified atom stereocenters. The van der Waals surface area contributed by atoms with Crippen molar-refractivity contribution in [1.29, 1.82) is 0 Å². The minimum absolute atomic E-state index is 0.00790. The van der Waals surface area contributed by atoms with Gasteiger partial charge in [-0.2, -0.15) is 0 Å². The van der Waals surface area contributed by atoms with Gasteiger partial charge in [0.25, 0.3) is 20.0 Å². The number of nitrogens with one attached hydrogen (secondary N) is 3. The predicted octanol–water partition coefficient (Wildman–Crippen LogP) is 8.32. The quantitative estimate of drug-likeness (QED) is 0.0378. The van der Waals surface area contributed by atoms with E-state index in [1.807, 2.05) is 55.3 Å². The summed E-state index contributed by atoms with van der Waals surface area (Å²) in [5.74, 6) is -2.53. The fourth-order valence-electron chi connectivity index (χ4n) is 10.7. The van der Waals surface area contributed by atoms with Gasteiger partial charge < -0.3 is 30.6 Å². The Morgan fingerprint density at radius 1 is 0.861 bits per heavy atom. The summed E-state index contributed by atoms with van der Waals surface area (Å²) in [6.45, 7) is 10.1. The van der Waals surface area contributed by atoms with Crippen LogP contribution in [0.3, 0.4) is 0 Å². The standard InChI is InChI=1S/C55H65FN10O9S4/c1-34-36(3)52(78(72,73)61-45-17-18-46(43-14-10-9-13-42(43)45)64-25-21-39(32-64)54(70)71)37(4)35(2)51(34)65-33-40(60-62-65)12-7-5-6-8-15-48(68)57-22-26-63-23-19-38(20-24-63)53(69)59-55-58-50-44(56)30-41(31-47(50)77-55)66(27-28-67)79(74,75)49-16-11-29-76-49/h9-11,13-14,16-18,29-31,33,38-39,61,67H,5-8,12,15,19-28,32H2,1-4H3,(H,57,68)(H,70,71)(H,58,59,69)/t39-/m0/s1. The second kappa shape index (κ2) is 24.4. The number of anilines is 4. The van der Waals surface area contributed by atoms with Gasteiger partial charge in [-0.05, 0) is 131 Å². The van der Waals surface area contributed by atoms with Gasteiger partial charge in [-0.3, -0.25) is 23.4 Å². The van der Waals surface area contributed by atoms with Gasteiger partial charge in [-0.1, -0.05) is 59.7 Å². The first-order chi connectivity index (χ1) is 37.8. The van der Waals surface area contributed by atoms with Gasteiger partial charge in [0.15, 0.2) is 10.9 Å². The molecular formula is C55H65FN10O9S4. The van der Waals surface area contributed by atoms with Crippen LogP contribution in [0.15, 0.2) is 81.3 Å². The number of piperidine rings is 1. The number of fused-ring (bicyclic) bond motifs is 2. The highest BCUT2D eigenvalue weighted by atomic mass is 32.2. The van der Waals surface area contributed by atoms with Crippen LogP contribution in [0.2, 0.25) is 0 Å². The molecule has 5 N–H and O–H groups in total. The summed E-state index contributed by atoms with van der Waals surface area (Å²) in [4.78, 5) is 46.4. The average Bonchev–Trinajstić information content (AvgIpc) is 4.44. The molecule has 2 amide bonds. The first-order valence-electron chi connectivity index (χ1n) is 26.5. The highest BCUT2D eigenvalue weighted by molar-refractivity contribution is 7.94. The number of likely N-dealkylation sites (tertiary alicyclic amines) is 1. The Morgan fingerprint density at radius 2 is 1.58 bits per heavy atom. The smallest absolute Gasteiger partial charge is 0.308 e. The molecule has 1 atom stereocenters. The number of aliphatic carboxylic acids is 1. The lowest BCUT2D eigenvalue weighted by molar-refractivity contribution is -0.141. The van der Waals surface area contributed by atoms with Crippen molar-refractivity contribution in [3.8, 4) is 5.69 Å². The molecule has 0 saturated carbocycles. The molecule has 19 nitrogen and oxygen atoms in total. The van der Waals surface area contributed by atoms with Crippen LogP contribution in [0.5, 0.6) is 0 Å². The Labute approximate surface area is 466 Å². The van der Waals surface area contributed by atoms with Crippen molar-refractivity contribution < 1.29 is 45.8 Å². The van der Waals surface area contributed by atoms with Crippen LogP contribution in [0, 0.1) is 45.3 Å². The molecule has 9 rings (SSSR count). The van der Waals surface area contributed by atoms with Crippen molar-refractivity contribution in [3.63, 3.8) is 0 Å². The fourth-order valence-corrected chi connectivity index (χ4v) is 15.9. The molecule has 2 fully saturated rings. The molecule has 79 heavy (non-hydrogen) atoms. The Balaban J connectivity index is 0.690. The summed E-state index contributed by atoms with van der Waals surface area (Å²) < 4.78 is 76.5. The molecule has 0 aliphatic carbocycles. The van der Waals surface area contributed by atoms with Gasteiger partial charge in [-0.25, -0.2) is 30.9 Å². The van der Waals surface area contributed by atoms with E-state index in [9.17, 15) is 41.4 Å². The SMILES string of the molecule is Cc1c(C)c(S(=O)(=O)Nc2ccc(N3CC[C@H](C(=O)O)C3)c3ccccc23)c(C)c(C)c1-n1cc(CCCCCCC(=O)NCCN2CCC(C(=O)Nc3nc4c(F)cc(N(CCO)S(=O)(=O)c5cccs5)cc4s3)CC2)nn1. The summed E-state index contributed by atoms with van der Waals surface area (Å²) in [7, 11) is -8.11. The Bertz CT molecular complexity index is 3590. The number of aliphatic hydroxyl groups excluding tert-OH is 1. The summed E-state index contributed by atoms with van der Waals surface area (Å²) in [5.41, 5.74) is 5.69. The number of hydrogen-bond acceptors (Lipinski definition) is 15. The van der Waals surface area contributed by atoms with Gasteiger partial charge in [0, 0.05) is 61.0 Å². The Kier molecular flexibility index (Phi) is 17.7. The number of benzene rings is 4. The zero-order valence-corrected chi connectivity index (χ0v) is 47.8. The van der Waals surface area contributed by atoms with Gasteiger partial charge in [0.1, 0.15) is 9.73 Å². The lowest BCUT2D eigenvalue weighted by Crippen LogP contribution is -2.41. The molecule has 2 aliphatic rings. The highest BCUT2D eigenvalue weighted by Crippen LogP contribution is 2.39. The maximum absolute atomic E-state index is 15.3. The molecule has 0 spiro atoms. The van der Waals surface area contributed by atoms with Crippen LogP contribution in [-0.4, -0.2) is 122 Å². The monoisotopic (exact) mass is 1160 g/mol. The van der Waals surface area contributed by atoms with Crippen molar-refractivity contribution in [1.82, 2.24) is 30.2 Å². The van der Waals surface area contributed by atoms with Crippen LogP contribution in [-0.2, 0) is 40.9 Å². The number of amides is 2. The van der Waals surface area contributed by atoms with Gasteiger partial charge in [0.2, 0.25) is 11.8 Å². The molecule has 4 aromatic carbocycles. The van der Waals surface area contributed by atoms with Gasteiger partial charge >= 0.3 is 5.97 Å². The minimum atomic E-state index is -4.06. The van der Waals surface area contributed by atoms with Crippen LogP contribution >= 0.6 is 22.7 Å². The highest BCUT2D eigenvalue weighted by Gasteiger charge is 2.32. The van der Waals surface area contributed by atoms with Gasteiger partial charge in [0.05, 0.1) is 57.6 Å². The third kappa shape index (κ3) is 12.6. The van der Waals surface area contributed by atoms with E-state index in [-0.39, 0.29) is 49.7 Å². The van der Waals surface area contributed by atoms with E-state index in [0.717, 1.165) is 97.7 Å². The molecule has 7 aromatic rings. The topological polar surface area (TPSA) is 249 Å². The van der Waals surface area contributed by atoms with Crippen molar-refractivity contribution >= 4 is 104 Å². The van der Waals surface area contributed by atoms with Crippen molar-refractivity contribution in [2.24, 2.45) is 11.8 Å². The predicted molar refractivity (Wildman–Crippen MR) is 306 cm³/mol. The zero-order valence-electron chi connectivity index (χ0n) is 44.5. The third-order valence-corrected chi connectivity index (χ3v) is 20.9. The first-order valence-corrected chi connectivity index (χ1v) is 31.1. The molecule has 24 heteroatoms. The largest absolute Gasteiger partial charge is 0.481 e. The number of rotatable bonds is 23. The number of carbonyl (C=O) groups excluding carboxylic acids is 2. The molecule has 0 bridgehead atoms. The van der Waals surface area contributed by atoms with Crippen molar-refractivity contribution in [2.75, 3.05) is 71.7 Å². The number of carboxylic acids is 1. The number of aryl methyl sites for hydroxylation is 1. The van der Waals surface area contributed by atoms with Crippen molar-refractivity contribution in [2.45, 2.75) is 94.6 Å². The number of nitrogens with zero attached hydrogens (tertiary/aromatic N) is 7. The summed E-state index contributed by atoms with van der Waals surface area (Å²) in [6.07, 6.45) is 8.15. The van der Waals surface area contributed by atoms with Gasteiger partial charge in [-0.15, -0.1) is 16.4 Å². The van der Waals surface area contributed by atoms with Crippen LogP contribution in [0.25, 0.3) is 26.7 Å². The van der Waals surface area contributed by atoms with Crippen LogP contribution < -0.4 is 24.6 Å². The average molecular weight is 1160 g/mol. The van der Waals surface area contributed by atoms with Crippen LogP contribution in [0.1, 0.15) is 79.3 Å². The summed E-state index contributed by atoms with van der Waals surface area (Å²) >= 11 is 2.07. The molecule has 2 aliphatic heterocycles. The molecule has 2 saturated heterocycles. The fraction of sp³-hybridized carbons (Fsp3) is 0.418. The summed E-state index contributed by atoms with van der Waals surface area (Å²) in [6, 6.07) is 16.8. The maximum Gasteiger partial charge on any atom is 0.308 e. The Hall–Kier alpha value is -6.57. The number of carboxylic acid groups (broad SMARTS) is 1. The lowest BCUT2D eigenvalue weighted by Gasteiger charge is -2.31. The maximum atomic E-state index is 15.3. The van der Waals surface area contributed by atoms with Crippen LogP contribution in [0.4, 0.5) is 26.6 Å². The number of hydrogen-bond donors (Lipinski definition) is 5. The second-order valence-electron chi connectivity index (χ2n) is 20.3.